The molecular formula is C28H34N4O4S2. The SMILES string of the molecule is CC(Sc1nc2ccccc2c(=O)n1CCc1ccc(S(N)(=O)=O)cc1)C(=O)NC(C)C1CC2CCC1C2. The van der Waals surface area contributed by atoms with Gasteiger partial charge in [0.2, 0.25) is 15.9 Å². The highest BCUT2D eigenvalue weighted by Crippen LogP contribution is 2.49. The summed E-state index contributed by atoms with van der Waals surface area (Å²) in [7, 11) is -3.77. The second-order valence-electron chi connectivity index (χ2n) is 10.7. The van der Waals surface area contributed by atoms with Crippen LogP contribution in [0.1, 0.15) is 45.1 Å². The van der Waals surface area contributed by atoms with E-state index < -0.39 is 15.3 Å². The maximum absolute atomic E-state index is 13.4. The molecule has 3 N–H and O–H groups in total. The van der Waals surface area contributed by atoms with E-state index in [2.05, 4.69) is 12.2 Å². The smallest absolute Gasteiger partial charge is 0.262 e. The zero-order chi connectivity index (χ0) is 27.0. The summed E-state index contributed by atoms with van der Waals surface area (Å²) >= 11 is 1.29. The molecule has 3 aromatic rings. The van der Waals surface area contributed by atoms with Gasteiger partial charge in [-0.3, -0.25) is 14.2 Å². The first-order valence-electron chi connectivity index (χ1n) is 13.2. The fourth-order valence-corrected chi connectivity index (χ4v) is 7.55. The summed E-state index contributed by atoms with van der Waals surface area (Å²) in [5.74, 6) is 2.05. The van der Waals surface area contributed by atoms with Gasteiger partial charge in [0.1, 0.15) is 0 Å². The van der Waals surface area contributed by atoms with E-state index >= 15 is 0 Å². The quantitative estimate of drug-likeness (QED) is 0.307. The lowest BCUT2D eigenvalue weighted by Crippen LogP contribution is -2.43. The van der Waals surface area contributed by atoms with Crippen LogP contribution in [0, 0.1) is 17.8 Å². The number of hydrogen-bond donors (Lipinski definition) is 2. The number of aryl methyl sites for hydroxylation is 1. The van der Waals surface area contributed by atoms with E-state index in [9.17, 15) is 18.0 Å². The highest BCUT2D eigenvalue weighted by Gasteiger charge is 2.42. The predicted octanol–water partition coefficient (Wildman–Crippen LogP) is 3.71. The van der Waals surface area contributed by atoms with Gasteiger partial charge in [-0.2, -0.15) is 0 Å². The summed E-state index contributed by atoms with van der Waals surface area (Å²) in [4.78, 5) is 31.4. The van der Waals surface area contributed by atoms with Crippen molar-refractivity contribution in [2.75, 3.05) is 0 Å². The number of benzene rings is 2. The third-order valence-corrected chi connectivity index (χ3v) is 10.2. The van der Waals surface area contributed by atoms with Crippen LogP contribution in [0.2, 0.25) is 0 Å². The molecule has 2 bridgehead atoms. The largest absolute Gasteiger partial charge is 0.352 e. The summed E-state index contributed by atoms with van der Waals surface area (Å²) in [6.45, 7) is 4.31. The number of hydrogen-bond acceptors (Lipinski definition) is 6. The molecule has 2 aliphatic rings. The molecule has 0 saturated heterocycles. The van der Waals surface area contributed by atoms with Gasteiger partial charge in [-0.15, -0.1) is 0 Å². The number of nitrogens with two attached hydrogens (primary N) is 1. The van der Waals surface area contributed by atoms with Gasteiger partial charge < -0.3 is 5.32 Å². The third-order valence-electron chi connectivity index (χ3n) is 8.16. The molecule has 10 heteroatoms. The normalized spacial score (nSPS) is 22.4. The summed E-state index contributed by atoms with van der Waals surface area (Å²) in [6, 6.07) is 13.7. The van der Waals surface area contributed by atoms with E-state index in [0.29, 0.717) is 34.9 Å². The first kappa shape index (κ1) is 26.9. The van der Waals surface area contributed by atoms with Crippen LogP contribution in [-0.4, -0.2) is 35.2 Å². The Bertz CT molecular complexity index is 1500. The van der Waals surface area contributed by atoms with Gasteiger partial charge in [0, 0.05) is 12.6 Å². The molecule has 2 aromatic carbocycles. The average Bonchev–Trinajstić information content (AvgIpc) is 3.52. The Balaban J connectivity index is 1.33. The number of fused-ring (bicyclic) bond motifs is 3. The van der Waals surface area contributed by atoms with Crippen LogP contribution in [0.5, 0.6) is 0 Å². The molecule has 1 heterocycles. The van der Waals surface area contributed by atoms with E-state index in [4.69, 9.17) is 10.1 Å². The molecule has 38 heavy (non-hydrogen) atoms. The number of carbonyl (C=O) groups is 1. The fraction of sp³-hybridized carbons (Fsp3) is 0.464. The molecule has 0 aliphatic heterocycles. The van der Waals surface area contributed by atoms with Crippen molar-refractivity contribution >= 4 is 38.6 Å². The van der Waals surface area contributed by atoms with Crippen molar-refractivity contribution in [1.82, 2.24) is 14.9 Å². The van der Waals surface area contributed by atoms with Gasteiger partial charge in [0.05, 0.1) is 21.0 Å². The molecular weight excluding hydrogens is 520 g/mol. The Morgan fingerprint density at radius 3 is 2.53 bits per heavy atom. The topological polar surface area (TPSA) is 124 Å². The lowest BCUT2D eigenvalue weighted by molar-refractivity contribution is -0.121. The van der Waals surface area contributed by atoms with Crippen LogP contribution in [0.15, 0.2) is 63.4 Å². The summed E-state index contributed by atoms with van der Waals surface area (Å²) in [5, 5.41) is 9.02. The van der Waals surface area contributed by atoms with E-state index in [1.165, 1.54) is 49.6 Å². The Morgan fingerprint density at radius 2 is 1.87 bits per heavy atom. The van der Waals surface area contributed by atoms with Crippen LogP contribution in [0.3, 0.4) is 0 Å². The zero-order valence-electron chi connectivity index (χ0n) is 21.7. The number of thioether (sulfide) groups is 1. The summed E-state index contributed by atoms with van der Waals surface area (Å²) in [6.07, 6.45) is 5.60. The van der Waals surface area contributed by atoms with E-state index in [1.807, 2.05) is 19.1 Å². The van der Waals surface area contributed by atoms with Gasteiger partial charge in [-0.05, 0) is 87.1 Å². The number of nitrogens with zero attached hydrogens (tertiary/aromatic N) is 2. The molecule has 1 aromatic heterocycles. The molecule has 2 aliphatic carbocycles. The minimum Gasteiger partial charge on any atom is -0.352 e. The molecule has 8 nitrogen and oxygen atoms in total. The Labute approximate surface area is 227 Å². The molecule has 5 atom stereocenters. The number of carbonyl (C=O) groups excluding carboxylic acids is 1. The molecule has 0 radical (unpaired) electrons. The van der Waals surface area contributed by atoms with Gasteiger partial charge in [0.15, 0.2) is 5.16 Å². The Kier molecular flexibility index (Phi) is 7.66. The molecule has 0 spiro atoms. The van der Waals surface area contributed by atoms with Gasteiger partial charge in [0.25, 0.3) is 5.56 Å². The maximum Gasteiger partial charge on any atom is 0.262 e. The zero-order valence-corrected chi connectivity index (χ0v) is 23.3. The maximum atomic E-state index is 13.4. The predicted molar refractivity (Wildman–Crippen MR) is 149 cm³/mol. The van der Waals surface area contributed by atoms with Crippen LogP contribution in [0.4, 0.5) is 0 Å². The van der Waals surface area contributed by atoms with Crippen molar-refractivity contribution in [3.63, 3.8) is 0 Å². The molecule has 1 amide bonds. The molecule has 202 valence electrons. The fourth-order valence-electron chi connectivity index (χ4n) is 6.09. The van der Waals surface area contributed by atoms with Gasteiger partial charge >= 0.3 is 0 Å². The summed E-state index contributed by atoms with van der Waals surface area (Å²) < 4.78 is 24.7. The van der Waals surface area contributed by atoms with Gasteiger partial charge in [-0.25, -0.2) is 18.5 Å². The first-order valence-corrected chi connectivity index (χ1v) is 15.6. The van der Waals surface area contributed by atoms with E-state index in [1.54, 1.807) is 28.8 Å². The molecule has 2 saturated carbocycles. The van der Waals surface area contributed by atoms with Crippen molar-refractivity contribution < 1.29 is 13.2 Å². The highest BCUT2D eigenvalue weighted by atomic mass is 32.2. The van der Waals surface area contributed by atoms with Crippen molar-refractivity contribution in [2.24, 2.45) is 22.9 Å². The van der Waals surface area contributed by atoms with Crippen molar-refractivity contribution in [3.8, 4) is 0 Å². The Hall–Kier alpha value is -2.69. The molecule has 2 fully saturated rings. The molecule has 5 rings (SSSR count). The standard InChI is InChI=1S/C28H34N4O4S2/c1-17(24-16-20-7-10-21(24)15-20)30-26(33)18(2)37-28-31-25-6-4-3-5-23(25)27(34)32(28)14-13-19-8-11-22(12-9-19)38(29,35)36/h3-6,8-9,11-12,17-18,20-21,24H,7,10,13-16H2,1-2H3,(H,30,33)(H2,29,35,36). The summed E-state index contributed by atoms with van der Waals surface area (Å²) in [5.41, 5.74) is 1.29. The number of para-hydroxylation sites is 1. The number of aromatic nitrogens is 2. The number of nitrogens with one attached hydrogen (secondary N) is 1. The lowest BCUT2D eigenvalue weighted by Gasteiger charge is -2.29. The number of sulfonamides is 1. The first-order chi connectivity index (χ1) is 18.1. The number of primary sulfonamides is 1. The second kappa shape index (κ2) is 10.8. The van der Waals surface area contributed by atoms with E-state index in [0.717, 1.165) is 17.4 Å². The number of rotatable bonds is 9. The van der Waals surface area contributed by atoms with Crippen molar-refractivity contribution in [3.05, 3.63) is 64.4 Å². The lowest BCUT2D eigenvalue weighted by atomic mass is 9.84. The average molecular weight is 555 g/mol. The van der Waals surface area contributed by atoms with Crippen molar-refractivity contribution in [1.29, 1.82) is 0 Å². The number of amides is 1. The van der Waals surface area contributed by atoms with Crippen molar-refractivity contribution in [2.45, 2.75) is 73.8 Å². The van der Waals surface area contributed by atoms with Gasteiger partial charge in [-0.1, -0.05) is 42.4 Å². The van der Waals surface area contributed by atoms with E-state index in [-0.39, 0.29) is 22.4 Å². The highest BCUT2D eigenvalue weighted by molar-refractivity contribution is 8.00. The third kappa shape index (κ3) is 5.67. The Morgan fingerprint density at radius 1 is 1.13 bits per heavy atom. The van der Waals surface area contributed by atoms with Crippen LogP contribution in [-0.2, 0) is 27.8 Å². The monoisotopic (exact) mass is 554 g/mol. The molecule has 5 unspecified atom stereocenters. The van der Waals surface area contributed by atoms with Crippen LogP contribution in [0.25, 0.3) is 10.9 Å². The minimum absolute atomic E-state index is 0.0431. The second-order valence-corrected chi connectivity index (χ2v) is 13.6. The van der Waals surface area contributed by atoms with Crippen LogP contribution < -0.4 is 16.0 Å². The van der Waals surface area contributed by atoms with Crippen LogP contribution >= 0.6 is 11.8 Å². The minimum atomic E-state index is -3.77.